The van der Waals surface area contributed by atoms with E-state index in [1.54, 1.807) is 0 Å². The molecule has 13 aromatic carbocycles. The fourth-order valence-electron chi connectivity index (χ4n) is 14.4. The molecule has 0 amide bonds. The number of anilines is 6. The summed E-state index contributed by atoms with van der Waals surface area (Å²) in [6.07, 6.45) is 0. The second kappa shape index (κ2) is 20.9. The average Bonchev–Trinajstić information content (AvgIpc) is 2.04. The first-order valence-electron chi connectivity index (χ1n) is 30.7. The van der Waals surface area contributed by atoms with Crippen LogP contribution in [0.15, 0.2) is 315 Å². The van der Waals surface area contributed by atoms with Crippen molar-refractivity contribution in [3.8, 4) is 44.8 Å². The van der Waals surface area contributed by atoms with Crippen molar-refractivity contribution in [1.29, 1.82) is 0 Å². The van der Waals surface area contributed by atoms with Crippen LogP contribution in [-0.2, 0) is 10.8 Å². The van der Waals surface area contributed by atoms with Crippen LogP contribution in [0, 0.1) is 0 Å². The van der Waals surface area contributed by atoms with E-state index in [2.05, 4.69) is 362 Å². The third-order valence-corrected chi connectivity index (χ3v) is 18.8. The van der Waals surface area contributed by atoms with E-state index in [-0.39, 0.29) is 10.8 Å². The fraction of sp³-hybridized carbons (Fsp3) is 0.0714. The Hall–Kier alpha value is -10.9. The molecule has 2 aliphatic rings. The number of fused-ring (bicyclic) bond motifs is 12. The number of rotatable bonds is 9. The molecule has 0 spiro atoms. The first kappa shape index (κ1) is 52.6. The second-order valence-electron chi connectivity index (χ2n) is 24.5. The summed E-state index contributed by atoms with van der Waals surface area (Å²) in [5.41, 5.74) is 27.1. The molecule has 88 heavy (non-hydrogen) atoms. The van der Waals surface area contributed by atoms with Gasteiger partial charge in [-0.3, -0.25) is 0 Å². The van der Waals surface area contributed by atoms with Crippen molar-refractivity contribution in [2.75, 3.05) is 9.80 Å². The van der Waals surface area contributed by atoms with Crippen molar-refractivity contribution >= 4 is 77.7 Å². The van der Waals surface area contributed by atoms with Gasteiger partial charge in [0.1, 0.15) is 0 Å². The summed E-state index contributed by atoms with van der Waals surface area (Å²) < 4.78 is 4.84. The molecule has 15 aromatic rings. The lowest BCUT2D eigenvalue weighted by Crippen LogP contribution is -2.17. The number of hydrogen-bond donors (Lipinski definition) is 0. The minimum atomic E-state index is -0.172. The normalized spacial score (nSPS) is 13.2. The summed E-state index contributed by atoms with van der Waals surface area (Å²) in [6, 6.07) is 115. The molecule has 4 nitrogen and oxygen atoms in total. The molecule has 0 atom stereocenters. The van der Waals surface area contributed by atoms with Crippen LogP contribution in [0.5, 0.6) is 0 Å². The van der Waals surface area contributed by atoms with E-state index < -0.39 is 0 Å². The minimum Gasteiger partial charge on any atom is -0.310 e. The lowest BCUT2D eigenvalue weighted by molar-refractivity contribution is 0.660. The maximum Gasteiger partial charge on any atom is 0.0541 e. The molecule has 2 heterocycles. The number of para-hydroxylation sites is 7. The Morgan fingerprint density at radius 3 is 0.841 bits per heavy atom. The average molecular weight is 1130 g/mol. The van der Waals surface area contributed by atoms with Crippen molar-refractivity contribution in [2.24, 2.45) is 0 Å². The van der Waals surface area contributed by atoms with Crippen LogP contribution >= 0.6 is 0 Å². The van der Waals surface area contributed by atoms with Gasteiger partial charge in [0.2, 0.25) is 0 Å². The highest BCUT2D eigenvalue weighted by atomic mass is 15.1. The quantitative estimate of drug-likeness (QED) is 0.143. The van der Waals surface area contributed by atoms with Crippen molar-refractivity contribution in [1.82, 2.24) is 9.13 Å². The van der Waals surface area contributed by atoms with E-state index in [9.17, 15) is 0 Å². The molecule has 0 unspecified atom stereocenters. The highest BCUT2D eigenvalue weighted by molar-refractivity contribution is 6.10. The topological polar surface area (TPSA) is 16.3 Å². The zero-order chi connectivity index (χ0) is 59.1. The molecule has 2 aromatic heterocycles. The molecule has 0 saturated carbocycles. The van der Waals surface area contributed by atoms with Crippen LogP contribution in [0.3, 0.4) is 0 Å². The van der Waals surface area contributed by atoms with Crippen LogP contribution in [0.2, 0.25) is 0 Å². The van der Waals surface area contributed by atoms with Crippen molar-refractivity contribution in [3.05, 3.63) is 338 Å². The van der Waals surface area contributed by atoms with Crippen LogP contribution in [0.1, 0.15) is 49.9 Å². The monoisotopic (exact) mass is 1130 g/mol. The first-order valence-corrected chi connectivity index (χ1v) is 30.7. The zero-order valence-corrected chi connectivity index (χ0v) is 49.8. The molecule has 0 radical (unpaired) electrons. The number of aromatic nitrogens is 2. The van der Waals surface area contributed by atoms with Crippen LogP contribution in [-0.4, -0.2) is 9.13 Å². The minimum absolute atomic E-state index is 0.144. The lowest BCUT2D eigenvalue weighted by atomic mass is 9.82. The highest BCUT2D eigenvalue weighted by Gasteiger charge is 2.38. The van der Waals surface area contributed by atoms with Gasteiger partial charge >= 0.3 is 0 Å². The highest BCUT2D eigenvalue weighted by Crippen LogP contribution is 2.54. The van der Waals surface area contributed by atoms with Gasteiger partial charge in [-0.05, 0) is 177 Å². The molecule has 0 bridgehead atoms. The maximum absolute atomic E-state index is 2.42. The van der Waals surface area contributed by atoms with Crippen molar-refractivity contribution < 1.29 is 0 Å². The predicted octanol–water partition coefficient (Wildman–Crippen LogP) is 22.8. The van der Waals surface area contributed by atoms with E-state index in [4.69, 9.17) is 0 Å². The largest absolute Gasteiger partial charge is 0.310 e. The van der Waals surface area contributed by atoms with Crippen LogP contribution in [0.25, 0.3) is 88.4 Å². The van der Waals surface area contributed by atoms with E-state index in [0.29, 0.717) is 0 Å². The number of nitrogens with zero attached hydrogens (tertiary/aromatic N) is 4. The SMILES string of the molecule is CC1(C)c2cc(N(c3ccccc3)c3ccc(-c4ccccc4)cc3)ccc2-c2ccc(-n3c4ccccc4c4ccccc43)cc21.CC1(C)c2cc(N(c3ccccc3)c3ccccc3)ccc2-c2ccc(-n3c4ccccc4c4ccccc43)cc21. The van der Waals surface area contributed by atoms with Gasteiger partial charge < -0.3 is 18.9 Å². The number of benzene rings is 13. The van der Waals surface area contributed by atoms with Gasteiger partial charge in [0.25, 0.3) is 0 Å². The van der Waals surface area contributed by atoms with E-state index in [0.717, 1.165) is 28.4 Å². The summed E-state index contributed by atoms with van der Waals surface area (Å²) >= 11 is 0. The van der Waals surface area contributed by atoms with Gasteiger partial charge in [0.05, 0.1) is 22.1 Å². The molecule has 2 aliphatic carbocycles. The molecule has 4 heteroatoms. The molecule has 0 fully saturated rings. The maximum atomic E-state index is 2.42. The smallest absolute Gasteiger partial charge is 0.0541 e. The third-order valence-electron chi connectivity index (χ3n) is 18.8. The summed E-state index contributed by atoms with van der Waals surface area (Å²) in [5.74, 6) is 0. The Morgan fingerprint density at radius 1 is 0.227 bits per heavy atom. The van der Waals surface area contributed by atoms with E-state index >= 15 is 0 Å². The molecule has 420 valence electrons. The Bertz CT molecular complexity index is 4990. The Kier molecular flexibility index (Phi) is 12.5. The predicted molar refractivity (Wildman–Crippen MR) is 371 cm³/mol. The second-order valence-corrected chi connectivity index (χ2v) is 24.5. The third kappa shape index (κ3) is 8.58. The van der Waals surface area contributed by atoms with Gasteiger partial charge in [-0.2, -0.15) is 0 Å². The van der Waals surface area contributed by atoms with Crippen LogP contribution < -0.4 is 9.80 Å². The molecular formula is C84H64N4. The Balaban J connectivity index is 0.000000143. The van der Waals surface area contributed by atoms with E-state index in [1.165, 1.54) is 116 Å². The van der Waals surface area contributed by atoms with Crippen LogP contribution in [0.4, 0.5) is 34.1 Å². The lowest BCUT2D eigenvalue weighted by Gasteiger charge is -2.28. The molecular weight excluding hydrogens is 1060 g/mol. The van der Waals surface area contributed by atoms with Gasteiger partial charge in [-0.1, -0.05) is 222 Å². The molecule has 0 aliphatic heterocycles. The summed E-state index contributed by atoms with van der Waals surface area (Å²) in [4.78, 5) is 4.72. The number of hydrogen-bond acceptors (Lipinski definition) is 2. The van der Waals surface area contributed by atoms with Crippen molar-refractivity contribution in [3.63, 3.8) is 0 Å². The first-order chi connectivity index (χ1) is 43.2. The van der Waals surface area contributed by atoms with Gasteiger partial charge in [0, 0.05) is 77.9 Å². The molecule has 0 saturated heterocycles. The van der Waals surface area contributed by atoms with Gasteiger partial charge in [-0.25, -0.2) is 0 Å². The Labute approximate surface area is 514 Å². The molecule has 0 N–H and O–H groups in total. The van der Waals surface area contributed by atoms with Gasteiger partial charge in [0.15, 0.2) is 0 Å². The summed E-state index contributed by atoms with van der Waals surface area (Å²) in [7, 11) is 0. The Morgan fingerprint density at radius 2 is 0.489 bits per heavy atom. The standard InChI is InChI=1S/C45H34N2.C39H30N2/c1-45(2)41-29-35(46(33-15-7-4-8-16-33)34-23-21-32(22-24-34)31-13-5-3-6-14-31)25-27-37(41)38-28-26-36(30-42(38)45)47-43-19-11-9-17-39(43)40-18-10-12-20-44(40)47;1-39(2)35-25-29(40(27-13-5-3-6-14-27)28-15-7-4-8-16-28)21-23-31(35)32-24-22-30(26-36(32)39)41-37-19-11-9-17-33(37)34-18-10-12-20-38(34)41/h3-30H,1-2H3;3-26H,1-2H3. The summed E-state index contributed by atoms with van der Waals surface area (Å²) in [5, 5.41) is 5.15. The van der Waals surface area contributed by atoms with E-state index in [1.807, 2.05) is 0 Å². The summed E-state index contributed by atoms with van der Waals surface area (Å²) in [6.45, 7) is 9.48. The zero-order valence-electron chi connectivity index (χ0n) is 49.8. The fourth-order valence-corrected chi connectivity index (χ4v) is 14.4. The van der Waals surface area contributed by atoms with Gasteiger partial charge in [-0.15, -0.1) is 0 Å². The van der Waals surface area contributed by atoms with Crippen molar-refractivity contribution in [2.45, 2.75) is 38.5 Å². The molecule has 17 rings (SSSR count).